The summed E-state index contributed by atoms with van der Waals surface area (Å²) in [5.74, 6) is 0. The van der Waals surface area contributed by atoms with E-state index in [1.165, 1.54) is 0 Å². The topological polar surface area (TPSA) is 44.2 Å². The van der Waals surface area contributed by atoms with Crippen LogP contribution in [0, 0.1) is 10.5 Å². The molecule has 8 heavy (non-hydrogen) atoms. The van der Waals surface area contributed by atoms with Crippen LogP contribution < -0.4 is 0 Å². The van der Waals surface area contributed by atoms with Crippen LogP contribution in [-0.4, -0.2) is 25.5 Å². The van der Waals surface area contributed by atoms with E-state index in [0.29, 0.717) is 0 Å². The van der Waals surface area contributed by atoms with Crippen LogP contribution in [0.25, 0.3) is 0 Å². The maximum absolute atomic E-state index is 7.50. The molecule has 3 nitrogen and oxygen atoms in total. The summed E-state index contributed by atoms with van der Waals surface area (Å²) in [6.45, 7) is 4.53. The Kier molecular flexibility index (Phi) is 12.3. The van der Waals surface area contributed by atoms with Gasteiger partial charge in [-0.3, -0.25) is 0 Å². The lowest BCUT2D eigenvalue weighted by atomic mass is 10.6. The van der Waals surface area contributed by atoms with Gasteiger partial charge in [-0.15, -0.1) is 6.58 Å². The summed E-state index contributed by atoms with van der Waals surface area (Å²) >= 11 is 0. The Balaban J connectivity index is 0. The number of rotatable bonds is 2. The minimum atomic E-state index is 0.972. The van der Waals surface area contributed by atoms with E-state index in [2.05, 4.69) is 17.1 Å². The second kappa shape index (κ2) is 9.57. The van der Waals surface area contributed by atoms with Crippen LogP contribution in [0.5, 0.6) is 0 Å². The molecule has 0 saturated heterocycles. The highest BCUT2D eigenvalue weighted by Gasteiger charge is 1.75. The van der Waals surface area contributed by atoms with Gasteiger partial charge in [0.2, 0.25) is 0 Å². The number of nitrogens with one attached hydrogen (secondary N) is 1. The molecule has 0 fully saturated rings. The van der Waals surface area contributed by atoms with Gasteiger partial charge in [-0.1, -0.05) is 11.7 Å². The smallest absolute Gasteiger partial charge is 0.0154 e. The van der Waals surface area contributed by atoms with Crippen molar-refractivity contribution in [2.75, 3.05) is 20.6 Å². The van der Waals surface area contributed by atoms with Gasteiger partial charge in [0.1, 0.15) is 0 Å². The Hall–Kier alpha value is -0.700. The van der Waals surface area contributed by atoms with E-state index in [4.69, 9.17) is 4.91 Å². The van der Waals surface area contributed by atoms with Gasteiger partial charge < -0.3 is 4.90 Å². The fourth-order valence-corrected chi connectivity index (χ4v) is 0.258. The molecule has 0 unspecified atom stereocenters. The lowest BCUT2D eigenvalue weighted by molar-refractivity contribution is 0.457. The maximum Gasteiger partial charge on any atom is 0.0154 e. The molecule has 0 amide bonds. The Morgan fingerprint density at radius 1 is 1.62 bits per heavy atom. The SMILES string of the molecule is C=CCN(C)C.N=O. The van der Waals surface area contributed by atoms with E-state index < -0.39 is 0 Å². The second-order valence-electron chi connectivity index (χ2n) is 1.55. The molecule has 0 aliphatic rings. The largest absolute Gasteiger partial charge is 0.306 e. The lowest BCUT2D eigenvalue weighted by Crippen LogP contribution is -2.09. The predicted molar refractivity (Wildman–Crippen MR) is 34.8 cm³/mol. The van der Waals surface area contributed by atoms with Gasteiger partial charge in [-0.25, -0.2) is 0 Å². The van der Waals surface area contributed by atoms with Gasteiger partial charge in [0, 0.05) is 6.54 Å². The summed E-state index contributed by atoms with van der Waals surface area (Å²) in [5, 5.41) is 0. The van der Waals surface area contributed by atoms with Gasteiger partial charge in [0.25, 0.3) is 0 Å². The Morgan fingerprint density at radius 3 is 2.00 bits per heavy atom. The van der Waals surface area contributed by atoms with Gasteiger partial charge in [-0.05, 0) is 14.1 Å². The number of nitroso groups, excluding NO2 is 1. The molecule has 0 radical (unpaired) electrons. The first-order valence-corrected chi connectivity index (χ1v) is 2.23. The molecule has 0 saturated carbocycles. The molecular weight excluding hydrogens is 104 g/mol. The molecule has 0 bridgehead atoms. The van der Waals surface area contributed by atoms with Crippen molar-refractivity contribution in [2.45, 2.75) is 0 Å². The number of nitrogens with zero attached hydrogens (tertiary/aromatic N) is 1. The van der Waals surface area contributed by atoms with Crippen LogP contribution in [0.1, 0.15) is 0 Å². The Morgan fingerprint density at radius 2 is 2.00 bits per heavy atom. The van der Waals surface area contributed by atoms with Crippen molar-refractivity contribution >= 4 is 0 Å². The molecule has 48 valence electrons. The van der Waals surface area contributed by atoms with E-state index in [0.717, 1.165) is 6.54 Å². The van der Waals surface area contributed by atoms with E-state index in [9.17, 15) is 0 Å². The first kappa shape index (κ1) is 10.3. The van der Waals surface area contributed by atoms with E-state index in [1.54, 1.807) is 0 Å². The summed E-state index contributed by atoms with van der Waals surface area (Å²) in [5.41, 5.74) is 4.50. The molecule has 3 heteroatoms. The van der Waals surface area contributed by atoms with Crippen LogP contribution in [0.4, 0.5) is 0 Å². The van der Waals surface area contributed by atoms with Crippen molar-refractivity contribution in [3.8, 4) is 0 Å². The Bertz CT molecular complexity index is 54.4. The molecule has 0 spiro atoms. The normalized spacial score (nSPS) is 7.38. The van der Waals surface area contributed by atoms with E-state index in [1.807, 2.05) is 20.2 Å². The van der Waals surface area contributed by atoms with Crippen molar-refractivity contribution in [1.29, 1.82) is 5.59 Å². The minimum Gasteiger partial charge on any atom is -0.306 e. The van der Waals surface area contributed by atoms with Crippen LogP contribution >= 0.6 is 0 Å². The number of hydrogen-bond acceptors (Lipinski definition) is 3. The molecule has 0 heterocycles. The van der Waals surface area contributed by atoms with Crippen molar-refractivity contribution in [1.82, 2.24) is 4.90 Å². The summed E-state index contributed by atoms with van der Waals surface area (Å²) in [4.78, 5) is 9.56. The molecule has 0 aliphatic heterocycles. The predicted octanol–water partition coefficient (Wildman–Crippen LogP) is 1.07. The van der Waals surface area contributed by atoms with Crippen LogP contribution in [0.15, 0.2) is 12.7 Å². The fourth-order valence-electron chi connectivity index (χ4n) is 0.258. The first-order valence-electron chi connectivity index (χ1n) is 2.23. The van der Waals surface area contributed by atoms with Crippen molar-refractivity contribution in [3.05, 3.63) is 17.6 Å². The summed E-state index contributed by atoms with van der Waals surface area (Å²) < 4.78 is 0. The third kappa shape index (κ3) is 18.5. The average molecular weight is 116 g/mol. The van der Waals surface area contributed by atoms with Crippen molar-refractivity contribution in [3.63, 3.8) is 0 Å². The summed E-state index contributed by atoms with van der Waals surface area (Å²) in [6.07, 6.45) is 1.88. The summed E-state index contributed by atoms with van der Waals surface area (Å²) in [7, 11) is 4.03. The summed E-state index contributed by atoms with van der Waals surface area (Å²) in [6, 6.07) is 0. The van der Waals surface area contributed by atoms with Crippen LogP contribution in [0.2, 0.25) is 0 Å². The zero-order valence-corrected chi connectivity index (χ0v) is 5.35. The van der Waals surface area contributed by atoms with Crippen molar-refractivity contribution < 1.29 is 0 Å². The average Bonchev–Trinajstić information content (AvgIpc) is 1.72. The second-order valence-corrected chi connectivity index (χ2v) is 1.55. The zero-order valence-electron chi connectivity index (χ0n) is 5.35. The fraction of sp³-hybridized carbons (Fsp3) is 0.600. The quantitative estimate of drug-likeness (QED) is 0.433. The maximum atomic E-state index is 7.50. The highest BCUT2D eigenvalue weighted by Crippen LogP contribution is 1.69. The standard InChI is InChI=1S/C5H11N.HNO/c1-4-5-6(2)3;1-2/h4H,1,5H2,2-3H3;1H. The monoisotopic (exact) mass is 116 g/mol. The zero-order chi connectivity index (χ0) is 6.99. The molecular formula is C5H12N2O. The number of hydrogen-bond donors (Lipinski definition) is 1. The third-order valence-corrected chi connectivity index (χ3v) is 0.494. The highest BCUT2D eigenvalue weighted by atomic mass is 16.2. The molecule has 0 aromatic rings. The van der Waals surface area contributed by atoms with Crippen LogP contribution in [0.3, 0.4) is 0 Å². The minimum absolute atomic E-state index is 0.972. The molecule has 0 aliphatic carbocycles. The van der Waals surface area contributed by atoms with Gasteiger partial charge in [0.15, 0.2) is 0 Å². The molecule has 1 N–H and O–H groups in total. The molecule has 0 rings (SSSR count). The molecule has 0 aromatic heterocycles. The lowest BCUT2D eigenvalue weighted by Gasteiger charge is -2.01. The Labute approximate surface area is 49.8 Å². The first-order chi connectivity index (χ1) is 3.77. The van der Waals surface area contributed by atoms with Gasteiger partial charge >= 0.3 is 0 Å². The van der Waals surface area contributed by atoms with E-state index in [-0.39, 0.29) is 0 Å². The van der Waals surface area contributed by atoms with Crippen LogP contribution in [-0.2, 0) is 0 Å². The van der Waals surface area contributed by atoms with Gasteiger partial charge in [0.05, 0.1) is 0 Å². The highest BCUT2D eigenvalue weighted by molar-refractivity contribution is 4.68. The van der Waals surface area contributed by atoms with Crippen molar-refractivity contribution in [2.24, 2.45) is 0 Å². The van der Waals surface area contributed by atoms with E-state index >= 15 is 0 Å². The number of likely N-dealkylation sites (N-methyl/N-ethyl adjacent to an activating group) is 1. The third-order valence-electron chi connectivity index (χ3n) is 0.494. The molecule has 0 atom stereocenters. The van der Waals surface area contributed by atoms with Gasteiger partial charge in [-0.2, -0.15) is 4.91 Å². The molecule has 0 aromatic carbocycles.